The van der Waals surface area contributed by atoms with Gasteiger partial charge in [-0.05, 0) is 43.5 Å². The molecule has 1 aromatic heterocycles. The minimum atomic E-state index is -0.729. The lowest BCUT2D eigenvalue weighted by atomic mass is 10.1. The van der Waals surface area contributed by atoms with Gasteiger partial charge in [0.1, 0.15) is 5.56 Å². The van der Waals surface area contributed by atoms with Crippen LogP contribution in [0.5, 0.6) is 5.88 Å². The lowest BCUT2D eigenvalue weighted by Gasteiger charge is -2.13. The Bertz CT molecular complexity index is 925. The van der Waals surface area contributed by atoms with E-state index in [0.29, 0.717) is 29.4 Å². The highest BCUT2D eigenvalue weighted by atomic mass is 35.5. The summed E-state index contributed by atoms with van der Waals surface area (Å²) >= 11 is 5.87. The van der Waals surface area contributed by atoms with Crippen LogP contribution in [0.3, 0.4) is 0 Å². The minimum Gasteiger partial charge on any atom is -0.493 e. The van der Waals surface area contributed by atoms with E-state index >= 15 is 0 Å². The number of aromatic nitrogens is 2. The Morgan fingerprint density at radius 1 is 1.38 bits per heavy atom. The van der Waals surface area contributed by atoms with Crippen molar-refractivity contribution in [2.24, 2.45) is 4.99 Å². The summed E-state index contributed by atoms with van der Waals surface area (Å²) in [6, 6.07) is 6.36. The van der Waals surface area contributed by atoms with E-state index in [1.165, 1.54) is 0 Å². The molecule has 0 radical (unpaired) electrons. The third kappa shape index (κ3) is 3.73. The largest absolute Gasteiger partial charge is 0.493 e. The van der Waals surface area contributed by atoms with Crippen molar-refractivity contribution in [2.75, 3.05) is 13.2 Å². The second-order valence-corrected chi connectivity index (χ2v) is 6.48. The maximum absolute atomic E-state index is 12.3. The molecule has 7 nitrogen and oxygen atoms in total. The van der Waals surface area contributed by atoms with Crippen LogP contribution >= 0.6 is 11.6 Å². The van der Waals surface area contributed by atoms with Crippen LogP contribution in [-0.4, -0.2) is 39.6 Å². The Hall–Kier alpha value is -2.38. The second kappa shape index (κ2) is 7.88. The number of ether oxygens (including phenoxy) is 1. The van der Waals surface area contributed by atoms with Crippen LogP contribution in [0.1, 0.15) is 31.7 Å². The highest BCUT2D eigenvalue weighted by Gasteiger charge is 2.21. The molecule has 26 heavy (non-hydrogen) atoms. The van der Waals surface area contributed by atoms with Crippen molar-refractivity contribution in [2.45, 2.75) is 32.3 Å². The van der Waals surface area contributed by atoms with Gasteiger partial charge in [-0.2, -0.15) is 0 Å². The molecule has 1 aromatic carbocycles. The predicted octanol–water partition coefficient (Wildman–Crippen LogP) is 2.26. The van der Waals surface area contributed by atoms with Gasteiger partial charge in [0.05, 0.1) is 24.0 Å². The SMILES string of the molecule is CCC(=NC[C@@H]1CCCO1)c1c(O)n(-c2ccc(Cl)cc2)c(=O)[nH]c1=O. The number of benzene rings is 1. The van der Waals surface area contributed by atoms with Gasteiger partial charge in [0, 0.05) is 11.6 Å². The molecule has 1 aliphatic heterocycles. The van der Waals surface area contributed by atoms with Gasteiger partial charge in [-0.25, -0.2) is 9.36 Å². The Kier molecular flexibility index (Phi) is 5.58. The van der Waals surface area contributed by atoms with Crippen molar-refractivity contribution in [1.29, 1.82) is 0 Å². The molecule has 0 amide bonds. The van der Waals surface area contributed by atoms with E-state index in [1.807, 2.05) is 6.92 Å². The lowest BCUT2D eigenvalue weighted by Crippen LogP contribution is -2.33. The quantitative estimate of drug-likeness (QED) is 0.781. The number of aliphatic imine (C=N–C) groups is 1. The number of nitrogens with zero attached hydrogens (tertiary/aromatic N) is 2. The summed E-state index contributed by atoms with van der Waals surface area (Å²) in [4.78, 5) is 31.3. The maximum Gasteiger partial charge on any atom is 0.335 e. The standard InChI is InChI=1S/C18H20ClN3O4/c1-2-14(20-10-13-4-3-9-26-13)15-16(23)21-18(25)22(17(15)24)12-7-5-11(19)6-8-12/h5-8,13,24H,2-4,9-10H2,1H3,(H,21,23,25)/t13-/m0/s1. The number of aromatic hydroxyl groups is 1. The van der Waals surface area contributed by atoms with Crippen LogP contribution in [0.2, 0.25) is 5.02 Å². The molecule has 0 aliphatic carbocycles. The van der Waals surface area contributed by atoms with Gasteiger partial charge < -0.3 is 9.84 Å². The number of hydrogen-bond donors (Lipinski definition) is 2. The number of hydrogen-bond acceptors (Lipinski definition) is 5. The third-order valence-electron chi connectivity index (χ3n) is 4.30. The zero-order chi connectivity index (χ0) is 18.7. The number of aromatic amines is 1. The Labute approximate surface area is 154 Å². The van der Waals surface area contributed by atoms with Gasteiger partial charge in [0.25, 0.3) is 5.56 Å². The lowest BCUT2D eigenvalue weighted by molar-refractivity contribution is 0.118. The molecule has 1 fully saturated rings. The molecule has 8 heteroatoms. The highest BCUT2D eigenvalue weighted by molar-refractivity contribution is 6.30. The van der Waals surface area contributed by atoms with Crippen LogP contribution < -0.4 is 11.2 Å². The summed E-state index contributed by atoms with van der Waals surface area (Å²) in [6.45, 7) is 2.97. The molecular weight excluding hydrogens is 358 g/mol. The molecule has 0 unspecified atom stereocenters. The summed E-state index contributed by atoms with van der Waals surface area (Å²) in [7, 11) is 0. The van der Waals surface area contributed by atoms with Crippen LogP contribution in [0.4, 0.5) is 0 Å². The summed E-state index contributed by atoms with van der Waals surface area (Å²) in [5, 5.41) is 11.2. The molecular formula is C18H20ClN3O4. The molecule has 1 aliphatic rings. The number of nitrogens with one attached hydrogen (secondary N) is 1. The topological polar surface area (TPSA) is 96.7 Å². The normalized spacial score (nSPS) is 17.6. The fourth-order valence-corrected chi connectivity index (χ4v) is 3.11. The molecule has 0 saturated carbocycles. The molecule has 1 atom stereocenters. The van der Waals surface area contributed by atoms with E-state index < -0.39 is 17.1 Å². The van der Waals surface area contributed by atoms with Crippen LogP contribution in [-0.2, 0) is 4.74 Å². The second-order valence-electron chi connectivity index (χ2n) is 6.05. The minimum absolute atomic E-state index is 0.0000435. The molecule has 2 N–H and O–H groups in total. The first-order valence-corrected chi connectivity index (χ1v) is 8.88. The van der Waals surface area contributed by atoms with E-state index in [0.717, 1.165) is 24.0 Å². The van der Waals surface area contributed by atoms with Gasteiger partial charge in [-0.1, -0.05) is 18.5 Å². The molecule has 138 valence electrons. The third-order valence-corrected chi connectivity index (χ3v) is 4.56. The molecule has 2 heterocycles. The molecule has 0 bridgehead atoms. The van der Waals surface area contributed by atoms with Gasteiger partial charge in [0.15, 0.2) is 0 Å². The van der Waals surface area contributed by atoms with E-state index in [2.05, 4.69) is 9.98 Å². The molecule has 0 spiro atoms. The first-order valence-electron chi connectivity index (χ1n) is 8.50. The van der Waals surface area contributed by atoms with Crippen LogP contribution in [0, 0.1) is 0 Å². The average Bonchev–Trinajstić information content (AvgIpc) is 3.12. The van der Waals surface area contributed by atoms with Gasteiger partial charge in [0.2, 0.25) is 5.88 Å². The van der Waals surface area contributed by atoms with Gasteiger partial charge in [-0.3, -0.25) is 14.8 Å². The fourth-order valence-electron chi connectivity index (χ4n) is 2.98. The van der Waals surface area contributed by atoms with Crippen molar-refractivity contribution in [3.05, 3.63) is 55.7 Å². The summed E-state index contributed by atoms with van der Waals surface area (Å²) in [6.07, 6.45) is 2.38. The molecule has 3 rings (SSSR count). The zero-order valence-corrected chi connectivity index (χ0v) is 15.1. The van der Waals surface area contributed by atoms with Crippen molar-refractivity contribution in [3.63, 3.8) is 0 Å². The number of H-pyrrole nitrogens is 1. The maximum atomic E-state index is 12.3. The van der Waals surface area contributed by atoms with E-state index in [4.69, 9.17) is 16.3 Å². The van der Waals surface area contributed by atoms with Crippen molar-refractivity contribution in [3.8, 4) is 11.6 Å². The van der Waals surface area contributed by atoms with E-state index in [9.17, 15) is 14.7 Å². The van der Waals surface area contributed by atoms with Crippen LogP contribution in [0.25, 0.3) is 5.69 Å². The average molecular weight is 378 g/mol. The van der Waals surface area contributed by atoms with Gasteiger partial charge in [-0.15, -0.1) is 0 Å². The fraction of sp³-hybridized carbons (Fsp3) is 0.389. The predicted molar refractivity (Wildman–Crippen MR) is 100 cm³/mol. The highest BCUT2D eigenvalue weighted by Crippen LogP contribution is 2.20. The van der Waals surface area contributed by atoms with Crippen molar-refractivity contribution >= 4 is 17.3 Å². The Morgan fingerprint density at radius 3 is 2.73 bits per heavy atom. The van der Waals surface area contributed by atoms with Gasteiger partial charge >= 0.3 is 5.69 Å². The summed E-state index contributed by atoms with van der Waals surface area (Å²) < 4.78 is 6.58. The van der Waals surface area contributed by atoms with Crippen molar-refractivity contribution in [1.82, 2.24) is 9.55 Å². The summed E-state index contributed by atoms with van der Waals surface area (Å²) in [5.41, 5.74) is -0.565. The molecule has 1 saturated heterocycles. The summed E-state index contributed by atoms with van der Waals surface area (Å²) in [5.74, 6) is -0.436. The van der Waals surface area contributed by atoms with Crippen molar-refractivity contribution < 1.29 is 9.84 Å². The Morgan fingerprint density at radius 2 is 2.12 bits per heavy atom. The smallest absolute Gasteiger partial charge is 0.335 e. The first kappa shape index (κ1) is 18.4. The van der Waals surface area contributed by atoms with E-state index in [1.54, 1.807) is 24.3 Å². The molecule has 2 aromatic rings. The first-order chi connectivity index (χ1) is 12.5. The van der Waals surface area contributed by atoms with Crippen LogP contribution in [0.15, 0.2) is 38.8 Å². The Balaban J connectivity index is 2.07. The number of rotatable bonds is 5. The number of halogens is 1. The monoisotopic (exact) mass is 377 g/mol. The van der Waals surface area contributed by atoms with E-state index in [-0.39, 0.29) is 11.7 Å². The zero-order valence-electron chi connectivity index (χ0n) is 14.4.